The summed E-state index contributed by atoms with van der Waals surface area (Å²) in [5.74, 6) is 0.129. The van der Waals surface area contributed by atoms with Crippen molar-refractivity contribution in [3.05, 3.63) is 36.7 Å². The predicted octanol–water partition coefficient (Wildman–Crippen LogP) is 2.39. The van der Waals surface area contributed by atoms with Gasteiger partial charge in [-0.2, -0.15) is 0 Å². The lowest BCUT2D eigenvalue weighted by Gasteiger charge is -2.09. The number of aromatic nitrogens is 1. The molecule has 1 aromatic heterocycles. The van der Waals surface area contributed by atoms with Crippen molar-refractivity contribution in [3.63, 3.8) is 0 Å². The van der Waals surface area contributed by atoms with Gasteiger partial charge in [-0.25, -0.2) is 8.42 Å². The molecule has 17 heavy (non-hydrogen) atoms. The summed E-state index contributed by atoms with van der Waals surface area (Å²) in [5, 5.41) is 1.78. The number of benzene rings is 1. The Morgan fingerprint density at radius 2 is 2.12 bits per heavy atom. The molecule has 90 valence electrons. The van der Waals surface area contributed by atoms with Crippen molar-refractivity contribution in [1.29, 1.82) is 0 Å². The highest BCUT2D eigenvalue weighted by molar-refractivity contribution is 7.92. The number of pyridine rings is 1. The SMILES string of the molecule is CCCS(=O)(=O)Nc1cccc2ccncc12. The molecule has 1 aromatic carbocycles. The minimum atomic E-state index is -3.25. The van der Waals surface area contributed by atoms with Gasteiger partial charge in [0.1, 0.15) is 0 Å². The molecule has 0 fully saturated rings. The van der Waals surface area contributed by atoms with Gasteiger partial charge in [0, 0.05) is 17.8 Å². The standard InChI is InChI=1S/C12H14N2O2S/c1-2-8-17(15,16)14-12-5-3-4-10-6-7-13-9-11(10)12/h3-7,9,14H,2,8H2,1H3. The molecule has 0 spiro atoms. The van der Waals surface area contributed by atoms with Gasteiger partial charge in [-0.1, -0.05) is 19.1 Å². The van der Waals surface area contributed by atoms with Gasteiger partial charge >= 0.3 is 0 Å². The molecule has 2 rings (SSSR count). The first-order valence-corrected chi connectivity index (χ1v) is 7.11. The number of rotatable bonds is 4. The Hall–Kier alpha value is -1.62. The van der Waals surface area contributed by atoms with Crippen LogP contribution >= 0.6 is 0 Å². The molecule has 0 unspecified atom stereocenters. The highest BCUT2D eigenvalue weighted by Crippen LogP contribution is 2.23. The molecule has 0 radical (unpaired) electrons. The fraction of sp³-hybridized carbons (Fsp3) is 0.250. The van der Waals surface area contributed by atoms with Crippen LogP contribution in [-0.4, -0.2) is 19.2 Å². The third-order valence-electron chi connectivity index (χ3n) is 2.42. The zero-order valence-electron chi connectivity index (χ0n) is 9.55. The van der Waals surface area contributed by atoms with Crippen LogP contribution in [0.1, 0.15) is 13.3 Å². The third kappa shape index (κ3) is 2.74. The van der Waals surface area contributed by atoms with Gasteiger partial charge in [0.05, 0.1) is 11.4 Å². The van der Waals surface area contributed by atoms with E-state index >= 15 is 0 Å². The van der Waals surface area contributed by atoms with E-state index in [1.54, 1.807) is 18.5 Å². The van der Waals surface area contributed by atoms with E-state index in [9.17, 15) is 8.42 Å². The molecule has 0 aliphatic carbocycles. The van der Waals surface area contributed by atoms with Crippen molar-refractivity contribution < 1.29 is 8.42 Å². The minimum absolute atomic E-state index is 0.129. The van der Waals surface area contributed by atoms with Crippen LogP contribution < -0.4 is 4.72 Å². The fourth-order valence-electron chi connectivity index (χ4n) is 1.69. The van der Waals surface area contributed by atoms with Gasteiger partial charge in [0.25, 0.3) is 0 Å². The van der Waals surface area contributed by atoms with Gasteiger partial charge in [-0.3, -0.25) is 9.71 Å². The second-order valence-corrected chi connectivity index (χ2v) is 5.67. The van der Waals surface area contributed by atoms with Crippen molar-refractivity contribution in [3.8, 4) is 0 Å². The molecular formula is C12H14N2O2S. The zero-order valence-corrected chi connectivity index (χ0v) is 10.4. The lowest BCUT2D eigenvalue weighted by molar-refractivity contribution is 0.600. The van der Waals surface area contributed by atoms with Gasteiger partial charge < -0.3 is 0 Å². The van der Waals surface area contributed by atoms with Crippen molar-refractivity contribution >= 4 is 26.5 Å². The second kappa shape index (κ2) is 4.71. The number of hydrogen-bond acceptors (Lipinski definition) is 3. The molecule has 1 heterocycles. The first kappa shape index (κ1) is 11.9. The van der Waals surface area contributed by atoms with Crippen LogP contribution in [0.5, 0.6) is 0 Å². The van der Waals surface area contributed by atoms with Crippen LogP contribution in [0.2, 0.25) is 0 Å². The van der Waals surface area contributed by atoms with E-state index in [1.807, 2.05) is 25.1 Å². The second-order valence-electron chi connectivity index (χ2n) is 3.82. The van der Waals surface area contributed by atoms with Crippen molar-refractivity contribution in [2.45, 2.75) is 13.3 Å². The summed E-state index contributed by atoms with van der Waals surface area (Å²) < 4.78 is 26.0. The van der Waals surface area contributed by atoms with E-state index in [2.05, 4.69) is 9.71 Å². The molecule has 0 saturated heterocycles. The normalized spacial score (nSPS) is 11.6. The van der Waals surface area contributed by atoms with E-state index in [1.165, 1.54) is 0 Å². The monoisotopic (exact) mass is 250 g/mol. The molecular weight excluding hydrogens is 236 g/mol. The lowest BCUT2D eigenvalue weighted by Crippen LogP contribution is -2.16. The van der Waals surface area contributed by atoms with Gasteiger partial charge in [0.2, 0.25) is 10.0 Å². The van der Waals surface area contributed by atoms with Gasteiger partial charge in [-0.15, -0.1) is 0 Å². The number of nitrogens with zero attached hydrogens (tertiary/aromatic N) is 1. The van der Waals surface area contributed by atoms with Crippen LogP contribution in [0, 0.1) is 0 Å². The molecule has 0 bridgehead atoms. The average Bonchev–Trinajstić information content (AvgIpc) is 2.29. The highest BCUT2D eigenvalue weighted by atomic mass is 32.2. The maximum atomic E-state index is 11.7. The average molecular weight is 250 g/mol. The van der Waals surface area contributed by atoms with E-state index in [0.717, 1.165) is 10.8 Å². The third-order valence-corrected chi connectivity index (χ3v) is 3.90. The van der Waals surface area contributed by atoms with Crippen LogP contribution in [0.15, 0.2) is 36.7 Å². The summed E-state index contributed by atoms with van der Waals surface area (Å²) >= 11 is 0. The Labute approximate surface area is 101 Å². The molecule has 1 N–H and O–H groups in total. The summed E-state index contributed by atoms with van der Waals surface area (Å²) in [6.45, 7) is 1.84. The van der Waals surface area contributed by atoms with Crippen molar-refractivity contribution in [1.82, 2.24) is 4.98 Å². The van der Waals surface area contributed by atoms with Crippen LogP contribution in [0.4, 0.5) is 5.69 Å². The molecule has 0 amide bonds. The number of anilines is 1. The van der Waals surface area contributed by atoms with Crippen molar-refractivity contribution in [2.75, 3.05) is 10.5 Å². The summed E-state index contributed by atoms with van der Waals surface area (Å²) in [7, 11) is -3.25. The number of fused-ring (bicyclic) bond motifs is 1. The number of hydrogen-bond donors (Lipinski definition) is 1. The first-order valence-electron chi connectivity index (χ1n) is 5.45. The molecule has 0 aliphatic rings. The minimum Gasteiger partial charge on any atom is -0.283 e. The maximum Gasteiger partial charge on any atom is 0.232 e. The molecule has 4 nitrogen and oxygen atoms in total. The molecule has 0 aliphatic heterocycles. The molecule has 2 aromatic rings. The summed E-state index contributed by atoms with van der Waals surface area (Å²) in [6, 6.07) is 7.35. The Kier molecular flexibility index (Phi) is 3.28. The first-order chi connectivity index (χ1) is 8.12. The quantitative estimate of drug-likeness (QED) is 0.906. The maximum absolute atomic E-state index is 11.7. The Morgan fingerprint density at radius 3 is 2.88 bits per heavy atom. The molecule has 0 saturated carbocycles. The Morgan fingerprint density at radius 1 is 1.29 bits per heavy atom. The fourth-order valence-corrected chi connectivity index (χ4v) is 2.84. The highest BCUT2D eigenvalue weighted by Gasteiger charge is 2.10. The van der Waals surface area contributed by atoms with E-state index in [-0.39, 0.29) is 5.75 Å². The largest absolute Gasteiger partial charge is 0.283 e. The predicted molar refractivity (Wildman–Crippen MR) is 69.4 cm³/mol. The number of nitrogens with one attached hydrogen (secondary N) is 1. The molecule has 5 heteroatoms. The van der Waals surface area contributed by atoms with Crippen molar-refractivity contribution in [2.24, 2.45) is 0 Å². The summed E-state index contributed by atoms with van der Waals surface area (Å²) in [4.78, 5) is 4.01. The van der Waals surface area contributed by atoms with Gasteiger partial charge in [0.15, 0.2) is 0 Å². The lowest BCUT2D eigenvalue weighted by atomic mass is 10.1. The summed E-state index contributed by atoms with van der Waals surface area (Å²) in [5.41, 5.74) is 0.587. The Balaban J connectivity index is 2.43. The van der Waals surface area contributed by atoms with E-state index in [0.29, 0.717) is 12.1 Å². The number of sulfonamides is 1. The van der Waals surface area contributed by atoms with Gasteiger partial charge in [-0.05, 0) is 23.9 Å². The van der Waals surface area contributed by atoms with E-state index in [4.69, 9.17) is 0 Å². The smallest absolute Gasteiger partial charge is 0.232 e. The Bertz CT molecular complexity index is 618. The zero-order chi connectivity index (χ0) is 12.3. The topological polar surface area (TPSA) is 59.1 Å². The summed E-state index contributed by atoms with van der Waals surface area (Å²) in [6.07, 6.45) is 3.95. The van der Waals surface area contributed by atoms with Crippen LogP contribution in [-0.2, 0) is 10.0 Å². The molecule has 0 atom stereocenters. The van der Waals surface area contributed by atoms with Crippen LogP contribution in [0.3, 0.4) is 0 Å². The van der Waals surface area contributed by atoms with Crippen LogP contribution in [0.25, 0.3) is 10.8 Å². The van der Waals surface area contributed by atoms with E-state index < -0.39 is 10.0 Å².